The number of benzene rings is 1. The summed E-state index contributed by atoms with van der Waals surface area (Å²) in [6.07, 6.45) is 2.07. The second-order valence-corrected chi connectivity index (χ2v) is 5.27. The third kappa shape index (κ3) is 4.77. The van der Waals surface area contributed by atoms with Gasteiger partial charge in [0.15, 0.2) is 0 Å². The number of amides is 1. The molecular weight excluding hydrogens is 294 g/mol. The predicted molar refractivity (Wildman–Crippen MR) is 86.6 cm³/mol. The Morgan fingerprint density at radius 3 is 2.87 bits per heavy atom. The molecule has 0 bridgehead atoms. The van der Waals surface area contributed by atoms with Gasteiger partial charge in [-0.2, -0.15) is 0 Å². The molecular formula is C17H19N3O3. The van der Waals surface area contributed by atoms with Crippen LogP contribution in [-0.2, 0) is 9.53 Å². The molecule has 2 aromatic rings. The van der Waals surface area contributed by atoms with E-state index in [1.54, 1.807) is 36.5 Å². The fraction of sp³-hybridized carbons (Fsp3) is 0.294. The molecule has 1 unspecified atom stereocenters. The average molecular weight is 313 g/mol. The van der Waals surface area contributed by atoms with Crippen LogP contribution >= 0.6 is 0 Å². The maximum absolute atomic E-state index is 12.0. The number of ether oxygens (including phenoxy) is 2. The van der Waals surface area contributed by atoms with Crippen molar-refractivity contribution in [3.8, 4) is 11.6 Å². The van der Waals surface area contributed by atoms with Crippen LogP contribution in [-0.4, -0.2) is 36.7 Å². The van der Waals surface area contributed by atoms with Crippen molar-refractivity contribution < 1.29 is 14.3 Å². The lowest BCUT2D eigenvalue weighted by Crippen LogP contribution is -2.43. The van der Waals surface area contributed by atoms with Gasteiger partial charge in [0.05, 0.1) is 13.2 Å². The van der Waals surface area contributed by atoms with Crippen LogP contribution in [0.25, 0.3) is 0 Å². The molecule has 6 heteroatoms. The van der Waals surface area contributed by atoms with Crippen molar-refractivity contribution in [1.29, 1.82) is 0 Å². The van der Waals surface area contributed by atoms with Crippen LogP contribution in [0.3, 0.4) is 0 Å². The van der Waals surface area contributed by atoms with Gasteiger partial charge in [-0.1, -0.05) is 6.07 Å². The summed E-state index contributed by atoms with van der Waals surface area (Å²) in [7, 11) is 0. The van der Waals surface area contributed by atoms with Crippen LogP contribution in [0.2, 0.25) is 0 Å². The third-order valence-corrected chi connectivity index (χ3v) is 3.43. The summed E-state index contributed by atoms with van der Waals surface area (Å²) < 4.78 is 11.0. The van der Waals surface area contributed by atoms with Crippen molar-refractivity contribution in [3.05, 3.63) is 48.7 Å². The fourth-order valence-electron chi connectivity index (χ4n) is 2.32. The van der Waals surface area contributed by atoms with E-state index in [0.29, 0.717) is 31.3 Å². The smallest absolute Gasteiger partial charge is 0.226 e. The molecule has 23 heavy (non-hydrogen) atoms. The maximum Gasteiger partial charge on any atom is 0.226 e. The average Bonchev–Trinajstić information content (AvgIpc) is 2.58. The number of aromatic nitrogens is 1. The van der Waals surface area contributed by atoms with Crippen molar-refractivity contribution in [3.63, 3.8) is 0 Å². The highest BCUT2D eigenvalue weighted by Gasteiger charge is 2.16. The standard InChI is InChI=1S/C17H19N3O3/c21-16(11-14-12-22-10-9-18-14)20-13-4-6-15(7-5-13)23-17-3-1-2-8-19-17/h1-8,14,18H,9-12H2,(H,20,21). The minimum atomic E-state index is -0.0357. The fourth-order valence-corrected chi connectivity index (χ4v) is 2.32. The Labute approximate surface area is 134 Å². The lowest BCUT2D eigenvalue weighted by molar-refractivity contribution is -0.117. The number of rotatable bonds is 5. The molecule has 2 heterocycles. The van der Waals surface area contributed by atoms with E-state index in [1.165, 1.54) is 0 Å². The first-order valence-electron chi connectivity index (χ1n) is 7.59. The number of carbonyl (C=O) groups excluding carboxylic acids is 1. The Bertz CT molecular complexity index is 625. The Morgan fingerprint density at radius 2 is 2.17 bits per heavy atom. The second kappa shape index (κ2) is 7.71. The molecule has 1 fully saturated rings. The summed E-state index contributed by atoms with van der Waals surface area (Å²) in [5.41, 5.74) is 0.736. The molecule has 1 aromatic carbocycles. The molecule has 1 aliphatic heterocycles. The van der Waals surface area contributed by atoms with Gasteiger partial charge < -0.3 is 20.1 Å². The van der Waals surface area contributed by atoms with Crippen LogP contribution in [0.1, 0.15) is 6.42 Å². The largest absolute Gasteiger partial charge is 0.439 e. The highest BCUT2D eigenvalue weighted by molar-refractivity contribution is 5.91. The van der Waals surface area contributed by atoms with Crippen molar-refractivity contribution >= 4 is 11.6 Å². The summed E-state index contributed by atoms with van der Waals surface area (Å²) >= 11 is 0. The highest BCUT2D eigenvalue weighted by Crippen LogP contribution is 2.21. The Hall–Kier alpha value is -2.44. The topological polar surface area (TPSA) is 72.5 Å². The molecule has 0 spiro atoms. The quantitative estimate of drug-likeness (QED) is 0.885. The van der Waals surface area contributed by atoms with Crippen LogP contribution in [0.15, 0.2) is 48.7 Å². The van der Waals surface area contributed by atoms with E-state index in [2.05, 4.69) is 15.6 Å². The predicted octanol–water partition coefficient (Wildman–Crippen LogP) is 2.19. The first-order valence-corrected chi connectivity index (χ1v) is 7.59. The van der Waals surface area contributed by atoms with Crippen molar-refractivity contribution in [2.75, 3.05) is 25.1 Å². The molecule has 120 valence electrons. The van der Waals surface area contributed by atoms with E-state index in [1.807, 2.05) is 12.1 Å². The number of carbonyl (C=O) groups is 1. The molecule has 3 rings (SSSR count). The molecule has 6 nitrogen and oxygen atoms in total. The number of pyridine rings is 1. The first kappa shape index (κ1) is 15.5. The SMILES string of the molecule is O=C(CC1COCCN1)Nc1ccc(Oc2ccccn2)cc1. The monoisotopic (exact) mass is 313 g/mol. The van der Waals surface area contributed by atoms with Crippen LogP contribution in [0.5, 0.6) is 11.6 Å². The van der Waals surface area contributed by atoms with Crippen LogP contribution in [0.4, 0.5) is 5.69 Å². The lowest BCUT2D eigenvalue weighted by Gasteiger charge is -2.23. The molecule has 1 aromatic heterocycles. The minimum Gasteiger partial charge on any atom is -0.439 e. The summed E-state index contributed by atoms with van der Waals surface area (Å²) in [5, 5.41) is 6.13. The van der Waals surface area contributed by atoms with Gasteiger partial charge in [-0.25, -0.2) is 4.98 Å². The van der Waals surface area contributed by atoms with E-state index >= 15 is 0 Å². The van der Waals surface area contributed by atoms with Crippen LogP contribution in [0, 0.1) is 0 Å². The normalized spacial score (nSPS) is 17.5. The van der Waals surface area contributed by atoms with Crippen molar-refractivity contribution in [2.45, 2.75) is 12.5 Å². The van der Waals surface area contributed by atoms with Gasteiger partial charge in [0.2, 0.25) is 11.8 Å². The van der Waals surface area contributed by atoms with E-state index in [0.717, 1.165) is 12.2 Å². The molecule has 0 aliphatic carbocycles. The number of hydrogen-bond acceptors (Lipinski definition) is 5. The number of nitrogens with one attached hydrogen (secondary N) is 2. The Morgan fingerprint density at radius 1 is 1.30 bits per heavy atom. The maximum atomic E-state index is 12.0. The van der Waals surface area contributed by atoms with Crippen molar-refractivity contribution in [2.24, 2.45) is 0 Å². The van der Waals surface area contributed by atoms with Gasteiger partial charge in [0.25, 0.3) is 0 Å². The Kier molecular flexibility index (Phi) is 5.18. The summed E-state index contributed by atoms with van der Waals surface area (Å²) in [6.45, 7) is 2.07. The number of hydrogen-bond donors (Lipinski definition) is 2. The van der Waals surface area contributed by atoms with E-state index in [4.69, 9.17) is 9.47 Å². The molecule has 0 saturated carbocycles. The lowest BCUT2D eigenvalue weighted by atomic mass is 10.2. The van der Waals surface area contributed by atoms with Crippen LogP contribution < -0.4 is 15.4 Å². The van der Waals surface area contributed by atoms with Gasteiger partial charge in [0.1, 0.15) is 5.75 Å². The highest BCUT2D eigenvalue weighted by atomic mass is 16.5. The first-order chi connectivity index (χ1) is 11.3. The number of anilines is 1. The van der Waals surface area contributed by atoms with Gasteiger partial charge in [-0.15, -0.1) is 0 Å². The zero-order chi connectivity index (χ0) is 15.9. The summed E-state index contributed by atoms with van der Waals surface area (Å²) in [6, 6.07) is 12.8. The van der Waals surface area contributed by atoms with E-state index in [9.17, 15) is 4.79 Å². The van der Waals surface area contributed by atoms with Gasteiger partial charge in [-0.3, -0.25) is 4.79 Å². The van der Waals surface area contributed by atoms with E-state index in [-0.39, 0.29) is 11.9 Å². The Balaban J connectivity index is 1.51. The van der Waals surface area contributed by atoms with Gasteiger partial charge in [0, 0.05) is 37.0 Å². The number of morpholine rings is 1. The molecule has 2 N–H and O–H groups in total. The van der Waals surface area contributed by atoms with Gasteiger partial charge in [-0.05, 0) is 30.3 Å². The molecule has 1 aliphatic rings. The van der Waals surface area contributed by atoms with E-state index < -0.39 is 0 Å². The summed E-state index contributed by atoms with van der Waals surface area (Å²) in [4.78, 5) is 16.1. The molecule has 1 saturated heterocycles. The molecule has 1 atom stereocenters. The molecule has 0 radical (unpaired) electrons. The minimum absolute atomic E-state index is 0.0357. The molecule has 1 amide bonds. The zero-order valence-corrected chi connectivity index (χ0v) is 12.7. The summed E-state index contributed by atoms with van der Waals surface area (Å²) in [5.74, 6) is 1.17. The zero-order valence-electron chi connectivity index (χ0n) is 12.7. The third-order valence-electron chi connectivity index (χ3n) is 3.43. The second-order valence-electron chi connectivity index (χ2n) is 5.27. The van der Waals surface area contributed by atoms with Gasteiger partial charge >= 0.3 is 0 Å². The van der Waals surface area contributed by atoms with Crippen molar-refractivity contribution in [1.82, 2.24) is 10.3 Å². The number of nitrogens with zero attached hydrogens (tertiary/aromatic N) is 1.